The quantitative estimate of drug-likeness (QED) is 0.564. The maximum absolute atomic E-state index is 5.65. The molecular formula is C19H29N3O2. The molecule has 0 aromatic heterocycles. The highest BCUT2D eigenvalue weighted by atomic mass is 16.5. The maximum atomic E-state index is 5.65. The van der Waals surface area contributed by atoms with Gasteiger partial charge in [-0.05, 0) is 63.0 Å². The molecule has 2 aliphatic carbocycles. The number of hydrogen-bond acceptors (Lipinski definition) is 3. The zero-order valence-corrected chi connectivity index (χ0v) is 15.0. The van der Waals surface area contributed by atoms with Crippen molar-refractivity contribution in [2.45, 2.75) is 39.5 Å². The molecule has 5 heteroatoms. The molecule has 0 spiro atoms. The largest absolute Gasteiger partial charge is 0.493 e. The van der Waals surface area contributed by atoms with Gasteiger partial charge in [-0.1, -0.05) is 0 Å². The highest BCUT2D eigenvalue weighted by Gasteiger charge is 2.53. The van der Waals surface area contributed by atoms with E-state index < -0.39 is 0 Å². The van der Waals surface area contributed by atoms with E-state index in [1.807, 2.05) is 25.1 Å². The summed E-state index contributed by atoms with van der Waals surface area (Å²) < 4.78 is 11.0. The summed E-state index contributed by atoms with van der Waals surface area (Å²) in [5.74, 6) is 3.26. The van der Waals surface area contributed by atoms with Crippen LogP contribution in [-0.4, -0.2) is 32.8 Å². The van der Waals surface area contributed by atoms with Crippen LogP contribution in [-0.2, 0) is 0 Å². The number of guanidine groups is 1. The van der Waals surface area contributed by atoms with E-state index in [2.05, 4.69) is 17.6 Å². The van der Waals surface area contributed by atoms with E-state index in [1.165, 1.54) is 25.7 Å². The summed E-state index contributed by atoms with van der Waals surface area (Å²) in [6.07, 6.45) is 5.49. The van der Waals surface area contributed by atoms with Gasteiger partial charge >= 0.3 is 0 Å². The number of rotatable bonds is 8. The van der Waals surface area contributed by atoms with E-state index in [9.17, 15) is 0 Å². The molecule has 3 rings (SSSR count). The molecular weight excluding hydrogens is 302 g/mol. The average Bonchev–Trinajstić information content (AvgIpc) is 3.47. The van der Waals surface area contributed by atoms with Gasteiger partial charge in [-0.3, -0.25) is 4.99 Å². The zero-order valence-electron chi connectivity index (χ0n) is 15.0. The minimum absolute atomic E-state index is 0.513. The monoisotopic (exact) mass is 331 g/mol. The van der Waals surface area contributed by atoms with E-state index in [0.717, 1.165) is 42.2 Å². The molecule has 2 saturated carbocycles. The van der Waals surface area contributed by atoms with Crippen molar-refractivity contribution in [2.24, 2.45) is 16.3 Å². The van der Waals surface area contributed by atoms with E-state index >= 15 is 0 Å². The molecule has 5 nitrogen and oxygen atoms in total. The van der Waals surface area contributed by atoms with Crippen molar-refractivity contribution in [1.29, 1.82) is 0 Å². The molecule has 132 valence electrons. The maximum Gasteiger partial charge on any atom is 0.195 e. The SMILES string of the molecule is CCNC(=NCC1(C2CC2)CC1)Nc1ccc(OC)c(OCC)c1. The van der Waals surface area contributed by atoms with Crippen molar-refractivity contribution in [3.05, 3.63) is 18.2 Å². The standard InChI is InChI=1S/C19H29N3O2/c1-4-20-18(21-13-19(10-11-19)14-6-7-14)22-15-8-9-16(23-3)17(12-15)24-5-2/h8-9,12,14H,4-7,10-11,13H2,1-3H3,(H2,20,21,22). The smallest absolute Gasteiger partial charge is 0.195 e. The zero-order chi connectivity index (χ0) is 17.0. The number of aliphatic imine (C=N–C) groups is 1. The Kier molecular flexibility index (Phi) is 5.17. The van der Waals surface area contributed by atoms with E-state index in [4.69, 9.17) is 14.5 Å². The highest BCUT2D eigenvalue weighted by molar-refractivity contribution is 5.94. The topological polar surface area (TPSA) is 54.9 Å². The average molecular weight is 331 g/mol. The number of nitrogens with zero attached hydrogens (tertiary/aromatic N) is 1. The number of benzene rings is 1. The third kappa shape index (κ3) is 3.94. The van der Waals surface area contributed by atoms with Gasteiger partial charge < -0.3 is 20.1 Å². The van der Waals surface area contributed by atoms with Crippen LogP contribution in [0, 0.1) is 11.3 Å². The van der Waals surface area contributed by atoms with Crippen LogP contribution in [0.25, 0.3) is 0 Å². The van der Waals surface area contributed by atoms with Gasteiger partial charge in [0, 0.05) is 24.8 Å². The molecule has 0 radical (unpaired) electrons. The van der Waals surface area contributed by atoms with Gasteiger partial charge in [0.2, 0.25) is 0 Å². The van der Waals surface area contributed by atoms with Crippen LogP contribution < -0.4 is 20.1 Å². The second-order valence-electron chi connectivity index (χ2n) is 6.76. The van der Waals surface area contributed by atoms with Crippen molar-refractivity contribution in [3.8, 4) is 11.5 Å². The van der Waals surface area contributed by atoms with Gasteiger partial charge in [0.05, 0.1) is 13.7 Å². The molecule has 1 aromatic rings. The number of hydrogen-bond donors (Lipinski definition) is 2. The molecule has 2 aliphatic rings. The summed E-state index contributed by atoms with van der Waals surface area (Å²) in [6.45, 7) is 6.44. The van der Waals surface area contributed by atoms with Crippen molar-refractivity contribution < 1.29 is 9.47 Å². The van der Waals surface area contributed by atoms with Crippen LogP contribution in [0.5, 0.6) is 11.5 Å². The molecule has 0 atom stereocenters. The molecule has 0 aliphatic heterocycles. The molecule has 2 fully saturated rings. The molecule has 0 bridgehead atoms. The lowest BCUT2D eigenvalue weighted by molar-refractivity contribution is 0.311. The van der Waals surface area contributed by atoms with Crippen LogP contribution in [0.3, 0.4) is 0 Å². The van der Waals surface area contributed by atoms with Crippen molar-refractivity contribution >= 4 is 11.6 Å². The van der Waals surface area contributed by atoms with E-state index in [-0.39, 0.29) is 0 Å². The van der Waals surface area contributed by atoms with Crippen molar-refractivity contribution in [2.75, 3.05) is 32.1 Å². The first-order valence-corrected chi connectivity index (χ1v) is 9.07. The Hall–Kier alpha value is -1.91. The lowest BCUT2D eigenvalue weighted by Gasteiger charge is -2.16. The van der Waals surface area contributed by atoms with Gasteiger partial charge in [0.1, 0.15) is 0 Å². The number of methoxy groups -OCH3 is 1. The lowest BCUT2D eigenvalue weighted by Crippen LogP contribution is -2.31. The summed E-state index contributed by atoms with van der Waals surface area (Å²) in [4.78, 5) is 4.84. The lowest BCUT2D eigenvalue weighted by atomic mass is 10.0. The van der Waals surface area contributed by atoms with Crippen molar-refractivity contribution in [3.63, 3.8) is 0 Å². The Morgan fingerprint density at radius 3 is 2.62 bits per heavy atom. The summed E-state index contributed by atoms with van der Waals surface area (Å²) in [7, 11) is 1.66. The molecule has 0 saturated heterocycles. The summed E-state index contributed by atoms with van der Waals surface area (Å²) in [5, 5.41) is 6.73. The second-order valence-corrected chi connectivity index (χ2v) is 6.76. The Balaban J connectivity index is 1.69. The number of ether oxygens (including phenoxy) is 2. The third-order valence-corrected chi connectivity index (χ3v) is 4.96. The van der Waals surface area contributed by atoms with Gasteiger partial charge in [0.15, 0.2) is 17.5 Å². The van der Waals surface area contributed by atoms with Crippen LogP contribution >= 0.6 is 0 Å². The molecule has 2 N–H and O–H groups in total. The molecule has 0 heterocycles. The Morgan fingerprint density at radius 1 is 1.25 bits per heavy atom. The fourth-order valence-electron chi connectivity index (χ4n) is 3.25. The van der Waals surface area contributed by atoms with Gasteiger partial charge in [-0.15, -0.1) is 0 Å². The fraction of sp³-hybridized carbons (Fsp3) is 0.632. The fourth-order valence-corrected chi connectivity index (χ4v) is 3.25. The predicted octanol–water partition coefficient (Wildman–Crippen LogP) is 3.66. The first kappa shape index (κ1) is 16.9. The molecule has 1 aromatic carbocycles. The normalized spacial score (nSPS) is 18.9. The van der Waals surface area contributed by atoms with Gasteiger partial charge in [-0.2, -0.15) is 0 Å². The molecule has 24 heavy (non-hydrogen) atoms. The first-order valence-electron chi connectivity index (χ1n) is 9.07. The summed E-state index contributed by atoms with van der Waals surface area (Å²) in [6, 6.07) is 5.87. The third-order valence-electron chi connectivity index (χ3n) is 4.96. The van der Waals surface area contributed by atoms with Gasteiger partial charge in [-0.25, -0.2) is 0 Å². The Bertz CT molecular complexity index is 592. The predicted molar refractivity (Wildman–Crippen MR) is 98.2 cm³/mol. The first-order chi connectivity index (χ1) is 11.7. The van der Waals surface area contributed by atoms with Crippen LogP contribution in [0.2, 0.25) is 0 Å². The summed E-state index contributed by atoms with van der Waals surface area (Å²) >= 11 is 0. The second kappa shape index (κ2) is 7.32. The van der Waals surface area contributed by atoms with Gasteiger partial charge in [0.25, 0.3) is 0 Å². The Morgan fingerprint density at radius 2 is 2.04 bits per heavy atom. The van der Waals surface area contributed by atoms with Crippen LogP contribution in [0.1, 0.15) is 39.5 Å². The minimum Gasteiger partial charge on any atom is -0.493 e. The number of nitrogens with one attached hydrogen (secondary N) is 2. The van der Waals surface area contributed by atoms with Crippen molar-refractivity contribution in [1.82, 2.24) is 5.32 Å². The molecule has 0 unspecified atom stereocenters. The summed E-state index contributed by atoms with van der Waals surface area (Å²) in [5.41, 5.74) is 1.47. The number of anilines is 1. The van der Waals surface area contributed by atoms with Crippen LogP contribution in [0.4, 0.5) is 5.69 Å². The molecule has 0 amide bonds. The van der Waals surface area contributed by atoms with E-state index in [0.29, 0.717) is 12.0 Å². The Labute approximate surface area is 144 Å². The minimum atomic E-state index is 0.513. The van der Waals surface area contributed by atoms with Crippen LogP contribution in [0.15, 0.2) is 23.2 Å². The highest BCUT2D eigenvalue weighted by Crippen LogP contribution is 2.61. The van der Waals surface area contributed by atoms with E-state index in [1.54, 1.807) is 7.11 Å².